The molecule has 4 heteroatoms. The quantitative estimate of drug-likeness (QED) is 0.832. The molecule has 1 atom stereocenters. The minimum Gasteiger partial charge on any atom is -0.341 e. The second-order valence-corrected chi connectivity index (χ2v) is 5.76. The zero-order valence-corrected chi connectivity index (χ0v) is 11.3. The van der Waals surface area contributed by atoms with Gasteiger partial charge in [0.2, 0.25) is 5.91 Å². The lowest BCUT2D eigenvalue weighted by Gasteiger charge is -2.23. The van der Waals surface area contributed by atoms with Gasteiger partial charge in [0.05, 0.1) is 0 Å². The number of amides is 1. The Kier molecular flexibility index (Phi) is 3.99. The van der Waals surface area contributed by atoms with E-state index in [1.807, 2.05) is 7.05 Å². The zero-order chi connectivity index (χ0) is 11.1. The molecule has 3 fully saturated rings. The summed E-state index contributed by atoms with van der Waals surface area (Å²) < 4.78 is 0. The van der Waals surface area contributed by atoms with Crippen molar-refractivity contribution in [3.8, 4) is 0 Å². The first-order chi connectivity index (χ1) is 7.79. The molecule has 1 amide bonds. The van der Waals surface area contributed by atoms with E-state index in [1.165, 1.54) is 25.7 Å². The third kappa shape index (κ3) is 2.76. The molecule has 1 heterocycles. The van der Waals surface area contributed by atoms with Crippen molar-refractivity contribution >= 4 is 18.3 Å². The number of likely N-dealkylation sites (tertiary alicyclic amines) is 1. The lowest BCUT2D eigenvalue weighted by Crippen LogP contribution is -2.38. The molecule has 1 aliphatic heterocycles. The van der Waals surface area contributed by atoms with Gasteiger partial charge in [-0.2, -0.15) is 0 Å². The number of hydrogen-bond acceptors (Lipinski definition) is 2. The number of nitrogens with one attached hydrogen (secondary N) is 1. The number of hydrogen-bond donors (Lipinski definition) is 1. The Morgan fingerprint density at radius 1 is 1.18 bits per heavy atom. The Labute approximate surface area is 110 Å². The highest BCUT2D eigenvalue weighted by Gasteiger charge is 2.47. The van der Waals surface area contributed by atoms with E-state index in [1.54, 1.807) is 0 Å². The van der Waals surface area contributed by atoms with Crippen molar-refractivity contribution in [3.05, 3.63) is 0 Å². The molecule has 17 heavy (non-hydrogen) atoms. The van der Waals surface area contributed by atoms with Gasteiger partial charge in [-0.25, -0.2) is 0 Å². The summed E-state index contributed by atoms with van der Waals surface area (Å²) in [5.41, 5.74) is 0. The van der Waals surface area contributed by atoms with Crippen LogP contribution in [-0.4, -0.2) is 37.0 Å². The van der Waals surface area contributed by atoms with Gasteiger partial charge in [0.1, 0.15) is 0 Å². The summed E-state index contributed by atoms with van der Waals surface area (Å²) in [5, 5.41) is 3.28. The van der Waals surface area contributed by atoms with Crippen LogP contribution in [0, 0.1) is 17.8 Å². The Balaban J connectivity index is 0.00000108. The van der Waals surface area contributed by atoms with Crippen LogP contribution in [0.15, 0.2) is 0 Å². The first-order valence-corrected chi connectivity index (χ1v) is 6.75. The molecule has 1 saturated heterocycles. The fourth-order valence-electron chi connectivity index (χ4n) is 3.11. The Morgan fingerprint density at radius 3 is 2.18 bits per heavy atom. The van der Waals surface area contributed by atoms with Gasteiger partial charge >= 0.3 is 0 Å². The van der Waals surface area contributed by atoms with E-state index < -0.39 is 0 Å². The summed E-state index contributed by atoms with van der Waals surface area (Å²) in [6.45, 7) is 1.91. The van der Waals surface area contributed by atoms with E-state index in [-0.39, 0.29) is 12.4 Å². The van der Waals surface area contributed by atoms with Crippen LogP contribution in [0.5, 0.6) is 0 Å². The topological polar surface area (TPSA) is 32.3 Å². The van der Waals surface area contributed by atoms with Crippen LogP contribution in [0.3, 0.4) is 0 Å². The van der Waals surface area contributed by atoms with Crippen molar-refractivity contribution in [1.82, 2.24) is 10.2 Å². The van der Waals surface area contributed by atoms with Crippen LogP contribution in [0.4, 0.5) is 0 Å². The molecular formula is C13H23ClN2O. The van der Waals surface area contributed by atoms with E-state index in [0.717, 1.165) is 31.3 Å². The SMILES string of the molecule is CNC1CCN(C(=O)C(C2CC2)C2CC2)C1.Cl. The summed E-state index contributed by atoms with van der Waals surface area (Å²) in [7, 11) is 2.00. The van der Waals surface area contributed by atoms with Crippen LogP contribution in [0.25, 0.3) is 0 Å². The maximum atomic E-state index is 12.5. The van der Waals surface area contributed by atoms with Gasteiger partial charge in [-0.15, -0.1) is 12.4 Å². The standard InChI is InChI=1S/C13H22N2O.ClH/c1-14-11-6-7-15(8-11)13(16)12(9-2-3-9)10-4-5-10;/h9-12,14H,2-8H2,1H3;1H. The first-order valence-electron chi connectivity index (χ1n) is 6.75. The van der Waals surface area contributed by atoms with Gasteiger partial charge in [0.15, 0.2) is 0 Å². The summed E-state index contributed by atoms with van der Waals surface area (Å²) in [5.74, 6) is 2.36. The summed E-state index contributed by atoms with van der Waals surface area (Å²) in [4.78, 5) is 14.6. The van der Waals surface area contributed by atoms with Crippen LogP contribution in [-0.2, 0) is 4.79 Å². The molecule has 1 unspecified atom stereocenters. The number of rotatable bonds is 4. The monoisotopic (exact) mass is 258 g/mol. The maximum Gasteiger partial charge on any atom is 0.226 e. The number of halogens is 1. The van der Waals surface area contributed by atoms with Crippen LogP contribution in [0.2, 0.25) is 0 Å². The lowest BCUT2D eigenvalue weighted by molar-refractivity contribution is -0.136. The Hall–Kier alpha value is -0.280. The van der Waals surface area contributed by atoms with Crippen LogP contribution in [0.1, 0.15) is 32.1 Å². The average Bonchev–Trinajstić information content (AvgIpc) is 3.21. The maximum absolute atomic E-state index is 12.5. The third-order valence-corrected chi connectivity index (χ3v) is 4.45. The predicted molar refractivity (Wildman–Crippen MR) is 70.2 cm³/mol. The molecule has 1 N–H and O–H groups in total. The van der Waals surface area contributed by atoms with Crippen LogP contribution < -0.4 is 5.32 Å². The highest BCUT2D eigenvalue weighted by molar-refractivity contribution is 5.85. The van der Waals surface area contributed by atoms with Crippen molar-refractivity contribution < 1.29 is 4.79 Å². The molecule has 0 radical (unpaired) electrons. The molecule has 0 spiro atoms. The molecule has 0 aromatic carbocycles. The normalized spacial score (nSPS) is 28.4. The van der Waals surface area contributed by atoms with Crippen molar-refractivity contribution in [1.29, 1.82) is 0 Å². The fraction of sp³-hybridized carbons (Fsp3) is 0.923. The number of carbonyl (C=O) groups is 1. The Bertz CT molecular complexity index is 277. The smallest absolute Gasteiger partial charge is 0.226 e. The fourth-order valence-corrected chi connectivity index (χ4v) is 3.11. The van der Waals surface area contributed by atoms with Crippen molar-refractivity contribution in [2.75, 3.05) is 20.1 Å². The number of carbonyl (C=O) groups excluding carboxylic acids is 1. The summed E-state index contributed by atoms with van der Waals surface area (Å²) in [6.07, 6.45) is 6.34. The largest absolute Gasteiger partial charge is 0.341 e. The van der Waals surface area contributed by atoms with Crippen LogP contribution >= 0.6 is 12.4 Å². The second kappa shape index (κ2) is 5.15. The van der Waals surface area contributed by atoms with Gasteiger partial charge in [0, 0.05) is 25.0 Å². The first kappa shape index (κ1) is 13.2. The van der Waals surface area contributed by atoms with Gasteiger partial charge in [-0.3, -0.25) is 4.79 Å². The molecule has 2 saturated carbocycles. The molecular weight excluding hydrogens is 236 g/mol. The summed E-state index contributed by atoms with van der Waals surface area (Å²) >= 11 is 0. The van der Waals surface area contributed by atoms with Gasteiger partial charge < -0.3 is 10.2 Å². The highest BCUT2D eigenvalue weighted by Crippen LogP contribution is 2.50. The molecule has 0 bridgehead atoms. The number of nitrogens with zero attached hydrogens (tertiary/aromatic N) is 1. The molecule has 3 rings (SSSR count). The van der Waals surface area contributed by atoms with E-state index in [4.69, 9.17) is 0 Å². The molecule has 3 nitrogen and oxygen atoms in total. The average molecular weight is 259 g/mol. The van der Waals surface area contributed by atoms with Gasteiger partial charge in [-0.05, 0) is 51.0 Å². The number of likely N-dealkylation sites (N-methyl/N-ethyl adjacent to an activating group) is 1. The van der Waals surface area contributed by atoms with E-state index in [2.05, 4.69) is 10.2 Å². The molecule has 0 aromatic heterocycles. The van der Waals surface area contributed by atoms with Crippen molar-refractivity contribution in [2.24, 2.45) is 17.8 Å². The summed E-state index contributed by atoms with van der Waals surface area (Å²) in [6, 6.07) is 0.531. The minimum absolute atomic E-state index is 0. The van der Waals surface area contributed by atoms with Gasteiger partial charge in [0.25, 0.3) is 0 Å². The molecule has 0 aromatic rings. The second-order valence-electron chi connectivity index (χ2n) is 5.76. The molecule has 2 aliphatic carbocycles. The third-order valence-electron chi connectivity index (χ3n) is 4.45. The van der Waals surface area contributed by atoms with Crippen molar-refractivity contribution in [3.63, 3.8) is 0 Å². The minimum atomic E-state index is 0. The van der Waals surface area contributed by atoms with Crippen molar-refractivity contribution in [2.45, 2.75) is 38.1 Å². The lowest BCUT2D eigenvalue weighted by atomic mass is 9.96. The zero-order valence-electron chi connectivity index (χ0n) is 10.5. The Morgan fingerprint density at radius 2 is 1.76 bits per heavy atom. The predicted octanol–water partition coefficient (Wildman–Crippen LogP) is 1.66. The molecule has 98 valence electrons. The van der Waals surface area contributed by atoms with E-state index in [9.17, 15) is 4.79 Å². The van der Waals surface area contributed by atoms with Gasteiger partial charge in [-0.1, -0.05) is 0 Å². The molecule has 3 aliphatic rings. The highest BCUT2D eigenvalue weighted by atomic mass is 35.5. The van der Waals surface area contributed by atoms with E-state index >= 15 is 0 Å². The van der Waals surface area contributed by atoms with E-state index in [0.29, 0.717) is 17.9 Å².